The average molecular weight is 303 g/mol. The molecule has 0 radical (unpaired) electrons. The molecule has 1 N–H and O–H groups in total. The Morgan fingerprint density at radius 2 is 2.10 bits per heavy atom. The van der Waals surface area contributed by atoms with Crippen molar-refractivity contribution in [3.63, 3.8) is 0 Å². The van der Waals surface area contributed by atoms with E-state index in [4.69, 9.17) is 4.74 Å². The lowest BCUT2D eigenvalue weighted by Crippen LogP contribution is -2.12. The number of hydrogen-bond acceptors (Lipinski definition) is 4. The number of aromatic nitrogens is 1. The van der Waals surface area contributed by atoms with Crippen LogP contribution in [-0.2, 0) is 0 Å². The summed E-state index contributed by atoms with van der Waals surface area (Å²) in [6.45, 7) is 1.91. The topological polar surface area (TPSA) is 42.4 Å². The molecule has 1 atom stereocenters. The van der Waals surface area contributed by atoms with Gasteiger partial charge in [-0.05, 0) is 37.3 Å². The molecule has 1 heterocycles. The average Bonchev–Trinajstić information content (AvgIpc) is 2.88. The highest BCUT2D eigenvalue weighted by Gasteiger charge is 2.11. The highest BCUT2D eigenvalue weighted by atomic mass is 32.1. The van der Waals surface area contributed by atoms with E-state index in [1.807, 2.05) is 12.1 Å². The van der Waals surface area contributed by atoms with Gasteiger partial charge in [-0.2, -0.15) is 0 Å². The maximum atomic E-state index is 13.8. The molecule has 0 bridgehead atoms. The highest BCUT2D eigenvalue weighted by Crippen LogP contribution is 2.33. The molecule has 1 unspecified atom stereocenters. The molecule has 5 heteroatoms. The number of thiazole rings is 1. The molecular weight excluding hydrogens is 289 g/mol. The summed E-state index contributed by atoms with van der Waals surface area (Å²) < 4.78 is 20.2. The summed E-state index contributed by atoms with van der Waals surface area (Å²) in [6.07, 6.45) is -0.517. The van der Waals surface area contributed by atoms with Crippen molar-refractivity contribution in [2.45, 2.75) is 13.0 Å². The number of halogens is 1. The second-order valence-electron chi connectivity index (χ2n) is 4.79. The summed E-state index contributed by atoms with van der Waals surface area (Å²) in [5.74, 6) is 0.397. The lowest BCUT2D eigenvalue weighted by Gasteiger charge is -2.07. The van der Waals surface area contributed by atoms with Crippen LogP contribution >= 0.6 is 11.3 Å². The van der Waals surface area contributed by atoms with E-state index in [0.717, 1.165) is 10.2 Å². The van der Waals surface area contributed by atoms with Crippen molar-refractivity contribution in [3.8, 4) is 16.3 Å². The van der Waals surface area contributed by atoms with Crippen LogP contribution in [0.4, 0.5) is 4.39 Å². The van der Waals surface area contributed by atoms with Crippen LogP contribution in [0.3, 0.4) is 0 Å². The van der Waals surface area contributed by atoms with E-state index in [2.05, 4.69) is 4.98 Å². The Labute approximate surface area is 125 Å². The van der Waals surface area contributed by atoms with Gasteiger partial charge in [0.1, 0.15) is 23.2 Å². The Kier molecular flexibility index (Phi) is 3.86. The molecule has 1 aromatic heterocycles. The molecule has 0 saturated heterocycles. The minimum atomic E-state index is -0.517. The number of aliphatic hydroxyl groups excluding tert-OH is 1. The SMILES string of the molecule is CC(O)COc1ccc2nc(-c3ccccc3F)sc2c1. The smallest absolute Gasteiger partial charge is 0.133 e. The van der Waals surface area contributed by atoms with Crippen molar-refractivity contribution in [1.82, 2.24) is 4.98 Å². The quantitative estimate of drug-likeness (QED) is 0.796. The van der Waals surface area contributed by atoms with E-state index < -0.39 is 6.10 Å². The third-order valence-corrected chi connectivity index (χ3v) is 4.01. The van der Waals surface area contributed by atoms with Crippen LogP contribution in [0.15, 0.2) is 42.5 Å². The Bertz CT molecular complexity index is 770. The second-order valence-corrected chi connectivity index (χ2v) is 5.82. The van der Waals surface area contributed by atoms with E-state index in [0.29, 0.717) is 16.3 Å². The van der Waals surface area contributed by atoms with Gasteiger partial charge in [-0.15, -0.1) is 11.3 Å². The van der Waals surface area contributed by atoms with Gasteiger partial charge in [0, 0.05) is 5.56 Å². The largest absolute Gasteiger partial charge is 0.491 e. The number of aliphatic hydroxyl groups is 1. The molecule has 0 fully saturated rings. The first-order valence-corrected chi connectivity index (χ1v) is 7.41. The number of nitrogens with zero attached hydrogens (tertiary/aromatic N) is 1. The lowest BCUT2D eigenvalue weighted by atomic mass is 10.2. The summed E-state index contributed by atoms with van der Waals surface area (Å²) in [5, 5.41) is 9.88. The maximum Gasteiger partial charge on any atom is 0.133 e. The standard InChI is InChI=1S/C16H14FNO2S/c1-10(19)9-20-11-6-7-14-15(8-11)21-16(18-14)12-4-2-3-5-13(12)17/h2-8,10,19H,9H2,1H3. The van der Waals surface area contributed by atoms with Gasteiger partial charge in [0.05, 0.1) is 16.3 Å². The first-order valence-electron chi connectivity index (χ1n) is 6.60. The molecule has 0 aliphatic carbocycles. The Hall–Kier alpha value is -1.98. The van der Waals surface area contributed by atoms with Crippen molar-refractivity contribution in [2.24, 2.45) is 0 Å². The van der Waals surface area contributed by atoms with Gasteiger partial charge in [0.25, 0.3) is 0 Å². The van der Waals surface area contributed by atoms with Crippen LogP contribution < -0.4 is 4.74 Å². The predicted molar refractivity (Wildman–Crippen MR) is 82.2 cm³/mol. The van der Waals surface area contributed by atoms with Crippen molar-refractivity contribution in [3.05, 3.63) is 48.3 Å². The van der Waals surface area contributed by atoms with E-state index in [9.17, 15) is 9.50 Å². The third-order valence-electron chi connectivity index (χ3n) is 2.96. The van der Waals surface area contributed by atoms with Crippen LogP contribution in [0.2, 0.25) is 0 Å². The Balaban J connectivity index is 1.95. The number of benzene rings is 2. The first kappa shape index (κ1) is 14.0. The summed E-state index contributed by atoms with van der Waals surface area (Å²) in [6, 6.07) is 12.1. The molecule has 2 aromatic carbocycles. The van der Waals surface area contributed by atoms with Gasteiger partial charge in [-0.1, -0.05) is 12.1 Å². The molecule has 0 spiro atoms. The van der Waals surface area contributed by atoms with E-state index in [1.54, 1.807) is 31.2 Å². The molecule has 3 rings (SSSR count). The molecular formula is C16H14FNO2S. The van der Waals surface area contributed by atoms with E-state index >= 15 is 0 Å². The Morgan fingerprint density at radius 3 is 2.86 bits per heavy atom. The zero-order valence-corrected chi connectivity index (χ0v) is 12.2. The maximum absolute atomic E-state index is 13.8. The first-order chi connectivity index (χ1) is 10.1. The molecule has 21 heavy (non-hydrogen) atoms. The van der Waals surface area contributed by atoms with Crippen molar-refractivity contribution in [2.75, 3.05) is 6.61 Å². The number of rotatable bonds is 4. The van der Waals surface area contributed by atoms with Crippen LogP contribution in [-0.4, -0.2) is 22.8 Å². The zero-order valence-electron chi connectivity index (χ0n) is 11.4. The fraction of sp³-hybridized carbons (Fsp3) is 0.188. The molecule has 0 amide bonds. The van der Waals surface area contributed by atoms with Crippen LogP contribution in [0.1, 0.15) is 6.92 Å². The number of hydrogen-bond donors (Lipinski definition) is 1. The number of fused-ring (bicyclic) bond motifs is 1. The van der Waals surface area contributed by atoms with Gasteiger partial charge < -0.3 is 9.84 Å². The molecule has 0 aliphatic rings. The fourth-order valence-corrected chi connectivity index (χ4v) is 2.98. The van der Waals surface area contributed by atoms with Crippen LogP contribution in [0.25, 0.3) is 20.8 Å². The van der Waals surface area contributed by atoms with Gasteiger partial charge in [-0.25, -0.2) is 9.37 Å². The van der Waals surface area contributed by atoms with Crippen LogP contribution in [0.5, 0.6) is 5.75 Å². The molecule has 108 valence electrons. The number of ether oxygens (including phenoxy) is 1. The third kappa shape index (κ3) is 3.04. The summed E-state index contributed by atoms with van der Waals surface area (Å²) in [4.78, 5) is 4.45. The van der Waals surface area contributed by atoms with E-state index in [-0.39, 0.29) is 12.4 Å². The molecule has 3 nitrogen and oxygen atoms in total. The predicted octanol–water partition coefficient (Wildman–Crippen LogP) is 3.86. The van der Waals surface area contributed by atoms with Crippen LogP contribution in [0, 0.1) is 5.82 Å². The monoisotopic (exact) mass is 303 g/mol. The normalized spacial score (nSPS) is 12.5. The lowest BCUT2D eigenvalue weighted by molar-refractivity contribution is 0.123. The molecule has 0 aliphatic heterocycles. The van der Waals surface area contributed by atoms with Gasteiger partial charge >= 0.3 is 0 Å². The summed E-state index contributed by atoms with van der Waals surface area (Å²) in [5.41, 5.74) is 1.31. The molecule has 3 aromatic rings. The zero-order chi connectivity index (χ0) is 14.8. The van der Waals surface area contributed by atoms with Crippen molar-refractivity contribution < 1.29 is 14.2 Å². The van der Waals surface area contributed by atoms with Crippen molar-refractivity contribution in [1.29, 1.82) is 0 Å². The van der Waals surface area contributed by atoms with E-state index in [1.165, 1.54) is 17.4 Å². The minimum Gasteiger partial charge on any atom is -0.491 e. The van der Waals surface area contributed by atoms with Gasteiger partial charge in [-0.3, -0.25) is 0 Å². The summed E-state index contributed by atoms with van der Waals surface area (Å²) >= 11 is 1.42. The van der Waals surface area contributed by atoms with Gasteiger partial charge in [0.15, 0.2) is 0 Å². The van der Waals surface area contributed by atoms with Gasteiger partial charge in [0.2, 0.25) is 0 Å². The Morgan fingerprint density at radius 1 is 1.29 bits per heavy atom. The highest BCUT2D eigenvalue weighted by molar-refractivity contribution is 7.21. The molecule has 0 saturated carbocycles. The summed E-state index contributed by atoms with van der Waals surface area (Å²) in [7, 11) is 0. The fourth-order valence-electron chi connectivity index (χ4n) is 1.96. The van der Waals surface area contributed by atoms with Crippen molar-refractivity contribution >= 4 is 21.6 Å². The minimum absolute atomic E-state index is 0.241. The second kappa shape index (κ2) is 5.79.